The van der Waals surface area contributed by atoms with Gasteiger partial charge in [0, 0.05) is 47.7 Å². The van der Waals surface area contributed by atoms with Crippen LogP contribution in [-0.2, 0) is 6.54 Å². The SMILES string of the molecule is O=C(N[C@@H]1C[C@H]1c1ccccc1)c1ccc2c(ccn2Cc2ccc(F)cc2F)c1.[HH]. The number of nitrogens with zero attached hydrogens (tertiary/aromatic N) is 1. The maximum atomic E-state index is 14.0. The van der Waals surface area contributed by atoms with Crippen LogP contribution in [-0.4, -0.2) is 16.5 Å². The van der Waals surface area contributed by atoms with Crippen LogP contribution in [0.15, 0.2) is 79.0 Å². The van der Waals surface area contributed by atoms with Gasteiger partial charge in [0.1, 0.15) is 11.6 Å². The number of benzene rings is 3. The predicted molar refractivity (Wildman–Crippen MR) is 115 cm³/mol. The Morgan fingerprint density at radius 1 is 1.03 bits per heavy atom. The smallest absolute Gasteiger partial charge is 0.251 e. The number of halogens is 2. The van der Waals surface area contributed by atoms with E-state index in [1.807, 2.05) is 47.2 Å². The summed E-state index contributed by atoms with van der Waals surface area (Å²) in [5.74, 6) is -0.858. The highest BCUT2D eigenvalue weighted by Gasteiger charge is 2.39. The van der Waals surface area contributed by atoms with Gasteiger partial charge in [0.2, 0.25) is 0 Å². The Morgan fingerprint density at radius 2 is 1.87 bits per heavy atom. The van der Waals surface area contributed by atoms with Gasteiger partial charge in [-0.25, -0.2) is 8.78 Å². The zero-order valence-corrected chi connectivity index (χ0v) is 16.2. The molecule has 1 saturated carbocycles. The molecule has 1 heterocycles. The van der Waals surface area contributed by atoms with Gasteiger partial charge in [-0.1, -0.05) is 36.4 Å². The molecule has 0 aliphatic heterocycles. The molecule has 0 spiro atoms. The first kappa shape index (κ1) is 18.6. The Morgan fingerprint density at radius 3 is 2.67 bits per heavy atom. The predicted octanol–water partition coefficient (Wildman–Crippen LogP) is 5.50. The van der Waals surface area contributed by atoms with Crippen LogP contribution < -0.4 is 5.32 Å². The van der Waals surface area contributed by atoms with Gasteiger partial charge in [-0.2, -0.15) is 0 Å². The second-order valence-electron chi connectivity index (χ2n) is 7.79. The van der Waals surface area contributed by atoms with Gasteiger partial charge in [-0.3, -0.25) is 4.79 Å². The van der Waals surface area contributed by atoms with Crippen molar-refractivity contribution in [3.05, 3.63) is 107 Å². The second kappa shape index (κ2) is 7.41. The fraction of sp³-hybridized carbons (Fsp3) is 0.160. The molecule has 0 unspecified atom stereocenters. The maximum absolute atomic E-state index is 14.0. The monoisotopic (exact) mass is 404 g/mol. The number of nitrogens with one attached hydrogen (secondary N) is 1. The van der Waals surface area contributed by atoms with Crippen molar-refractivity contribution in [1.29, 1.82) is 0 Å². The molecule has 3 nitrogen and oxygen atoms in total. The fourth-order valence-electron chi connectivity index (χ4n) is 3.99. The van der Waals surface area contributed by atoms with Crippen LogP contribution in [0.5, 0.6) is 0 Å². The first-order chi connectivity index (χ1) is 14.6. The first-order valence-corrected chi connectivity index (χ1v) is 9.97. The molecule has 2 atom stereocenters. The highest BCUT2D eigenvalue weighted by Crippen LogP contribution is 2.40. The molecule has 3 aromatic carbocycles. The van der Waals surface area contributed by atoms with Crippen LogP contribution in [0.4, 0.5) is 8.78 Å². The van der Waals surface area contributed by atoms with Crippen LogP contribution in [0, 0.1) is 11.6 Å². The summed E-state index contributed by atoms with van der Waals surface area (Å²) in [6.07, 6.45) is 2.80. The van der Waals surface area contributed by atoms with Crippen LogP contribution in [0.2, 0.25) is 0 Å². The van der Waals surface area contributed by atoms with E-state index in [1.165, 1.54) is 17.7 Å². The molecule has 1 N–H and O–H groups in total. The van der Waals surface area contributed by atoms with Crippen molar-refractivity contribution < 1.29 is 15.0 Å². The molecule has 0 saturated heterocycles. The van der Waals surface area contributed by atoms with Crippen molar-refractivity contribution >= 4 is 16.8 Å². The lowest BCUT2D eigenvalue weighted by Crippen LogP contribution is -2.26. The van der Waals surface area contributed by atoms with Crippen LogP contribution >= 0.6 is 0 Å². The fourth-order valence-corrected chi connectivity index (χ4v) is 3.99. The number of carbonyl (C=O) groups is 1. The molecule has 5 rings (SSSR count). The minimum Gasteiger partial charge on any atom is -0.349 e. The lowest BCUT2D eigenvalue weighted by molar-refractivity contribution is 0.0950. The molecule has 1 amide bonds. The third kappa shape index (κ3) is 3.59. The van der Waals surface area contributed by atoms with Crippen molar-refractivity contribution in [2.75, 3.05) is 0 Å². The number of carbonyl (C=O) groups excluding carboxylic acids is 1. The number of aromatic nitrogens is 1. The van der Waals surface area contributed by atoms with Crippen molar-refractivity contribution in [1.82, 2.24) is 9.88 Å². The number of hydrogen-bond donors (Lipinski definition) is 1. The molecule has 1 fully saturated rings. The summed E-state index contributed by atoms with van der Waals surface area (Å²) in [6, 6.07) is 21.4. The van der Waals surface area contributed by atoms with Crippen molar-refractivity contribution in [2.45, 2.75) is 24.9 Å². The Labute approximate surface area is 174 Å². The molecule has 1 aliphatic carbocycles. The Kier molecular flexibility index (Phi) is 4.58. The minimum absolute atomic E-state index is 0. The van der Waals surface area contributed by atoms with E-state index in [1.54, 1.807) is 6.07 Å². The van der Waals surface area contributed by atoms with Crippen LogP contribution in [0.3, 0.4) is 0 Å². The molecule has 0 radical (unpaired) electrons. The van der Waals surface area contributed by atoms with Crippen molar-refractivity contribution in [3.63, 3.8) is 0 Å². The Bertz CT molecular complexity index is 1240. The molecule has 0 bridgehead atoms. The summed E-state index contributed by atoms with van der Waals surface area (Å²) in [6.45, 7) is 0.294. The summed E-state index contributed by atoms with van der Waals surface area (Å²) in [7, 11) is 0. The number of hydrogen-bond acceptors (Lipinski definition) is 1. The zero-order valence-electron chi connectivity index (χ0n) is 16.2. The maximum Gasteiger partial charge on any atom is 0.251 e. The lowest BCUT2D eigenvalue weighted by Gasteiger charge is -2.08. The largest absolute Gasteiger partial charge is 0.349 e. The van der Waals surface area contributed by atoms with Crippen molar-refractivity contribution in [3.8, 4) is 0 Å². The van der Waals surface area contributed by atoms with Gasteiger partial charge in [0.25, 0.3) is 5.91 Å². The molecule has 1 aromatic heterocycles. The van der Waals surface area contributed by atoms with E-state index in [-0.39, 0.29) is 13.4 Å². The number of rotatable bonds is 5. The minimum atomic E-state index is -0.588. The average Bonchev–Trinajstić information content (AvgIpc) is 3.41. The Hall–Kier alpha value is -3.47. The quantitative estimate of drug-likeness (QED) is 0.468. The molecule has 152 valence electrons. The third-order valence-electron chi connectivity index (χ3n) is 5.72. The van der Waals surface area contributed by atoms with E-state index in [4.69, 9.17) is 0 Å². The van der Waals surface area contributed by atoms with E-state index in [9.17, 15) is 13.6 Å². The standard InChI is InChI=1S/C25H20F2N2O.H2/c26-20-8-6-19(22(27)13-20)15-29-11-10-17-12-18(7-9-24(17)29)25(30)28-23-14-21(23)16-4-2-1-3-5-16;/h1-13,21,23H,14-15H2,(H,28,30);1H/t21-,23+;/m0./s1. The summed E-state index contributed by atoms with van der Waals surface area (Å²) in [5.41, 5.74) is 3.16. The van der Waals surface area contributed by atoms with Gasteiger partial charge in [0.05, 0.1) is 6.54 Å². The average molecular weight is 404 g/mol. The molecular weight excluding hydrogens is 382 g/mol. The van der Waals surface area contributed by atoms with E-state index in [0.29, 0.717) is 23.6 Å². The van der Waals surface area contributed by atoms with E-state index < -0.39 is 11.6 Å². The summed E-state index contributed by atoms with van der Waals surface area (Å²) in [5, 5.41) is 4.02. The van der Waals surface area contributed by atoms with Crippen molar-refractivity contribution in [2.24, 2.45) is 0 Å². The molecule has 30 heavy (non-hydrogen) atoms. The van der Waals surface area contributed by atoms with Gasteiger partial charge in [-0.15, -0.1) is 0 Å². The highest BCUT2D eigenvalue weighted by molar-refractivity contribution is 5.98. The number of amides is 1. The third-order valence-corrected chi connectivity index (χ3v) is 5.72. The van der Waals surface area contributed by atoms with Crippen LogP contribution in [0.25, 0.3) is 10.9 Å². The van der Waals surface area contributed by atoms with E-state index in [2.05, 4.69) is 17.4 Å². The van der Waals surface area contributed by atoms with Gasteiger partial charge in [-0.05, 0) is 42.3 Å². The van der Waals surface area contributed by atoms with Gasteiger partial charge < -0.3 is 9.88 Å². The molecular formula is C25H22F2N2O. The normalized spacial score (nSPS) is 17.8. The topological polar surface area (TPSA) is 34.0 Å². The first-order valence-electron chi connectivity index (χ1n) is 9.97. The van der Waals surface area contributed by atoms with Gasteiger partial charge >= 0.3 is 0 Å². The number of fused-ring (bicyclic) bond motifs is 1. The Balaban J connectivity index is 0.00000231. The lowest BCUT2D eigenvalue weighted by atomic mass is 10.1. The summed E-state index contributed by atoms with van der Waals surface area (Å²) in [4.78, 5) is 12.7. The van der Waals surface area contributed by atoms with Gasteiger partial charge in [0.15, 0.2) is 0 Å². The van der Waals surface area contributed by atoms with E-state index >= 15 is 0 Å². The zero-order chi connectivity index (χ0) is 20.7. The van der Waals surface area contributed by atoms with E-state index in [0.717, 1.165) is 23.4 Å². The summed E-state index contributed by atoms with van der Waals surface area (Å²) < 4.78 is 29.0. The molecule has 5 heteroatoms. The molecule has 4 aromatic rings. The highest BCUT2D eigenvalue weighted by atomic mass is 19.1. The second-order valence-corrected chi connectivity index (χ2v) is 7.79. The summed E-state index contributed by atoms with van der Waals surface area (Å²) >= 11 is 0. The van der Waals surface area contributed by atoms with Crippen LogP contribution in [0.1, 0.15) is 35.3 Å². The molecule has 1 aliphatic rings.